The fraction of sp³-hybridized carbons (Fsp3) is 0.852. The number of nitrogens with one attached hydrogen (secondary N) is 3. The Hall–Kier alpha value is -2.40. The van der Waals surface area contributed by atoms with Crippen molar-refractivity contribution < 1.29 is 54.6 Å². The van der Waals surface area contributed by atoms with E-state index < -0.39 is 55.0 Å². The van der Waals surface area contributed by atoms with E-state index in [4.69, 9.17) is 15.6 Å². The van der Waals surface area contributed by atoms with Crippen molar-refractivity contribution in [2.75, 3.05) is 32.8 Å². The monoisotopic (exact) mass is 608 g/mol. The number of esters is 1. The van der Waals surface area contributed by atoms with Crippen LogP contribution in [0.4, 0.5) is 0 Å². The van der Waals surface area contributed by atoms with Crippen molar-refractivity contribution in [1.29, 1.82) is 0 Å². The number of hydrogen-bond donors (Lipinski definition) is 10. The molecule has 0 aromatic rings. The van der Waals surface area contributed by atoms with Gasteiger partial charge >= 0.3 is 5.97 Å². The van der Waals surface area contributed by atoms with E-state index >= 15 is 0 Å². The molecule has 11 N–H and O–H groups in total. The van der Waals surface area contributed by atoms with Gasteiger partial charge in [-0.1, -0.05) is 12.8 Å². The maximum Gasteiger partial charge on any atom is 0.328 e. The normalized spacial score (nSPS) is 15.5. The average Bonchev–Trinajstić information content (AvgIpc) is 2.98. The highest BCUT2D eigenvalue weighted by molar-refractivity contribution is 5.84. The van der Waals surface area contributed by atoms with Crippen molar-refractivity contribution in [1.82, 2.24) is 16.0 Å². The molecule has 0 rings (SSSR count). The number of carbonyl (C=O) groups excluding carboxylic acids is 4. The van der Waals surface area contributed by atoms with Crippen molar-refractivity contribution in [3.8, 4) is 0 Å². The first kappa shape index (κ1) is 39.6. The van der Waals surface area contributed by atoms with Crippen LogP contribution in [0.25, 0.3) is 0 Å². The van der Waals surface area contributed by atoms with Crippen LogP contribution in [0.15, 0.2) is 0 Å². The molecular formula is C27H52N4O11. The highest BCUT2D eigenvalue weighted by Gasteiger charge is 2.36. The topological polar surface area (TPSA) is 261 Å². The Bertz CT molecular complexity index is 774. The van der Waals surface area contributed by atoms with Crippen molar-refractivity contribution in [3.05, 3.63) is 0 Å². The summed E-state index contributed by atoms with van der Waals surface area (Å²) in [5, 5.41) is 65.1. The van der Waals surface area contributed by atoms with Gasteiger partial charge in [-0.05, 0) is 58.4 Å². The average molecular weight is 609 g/mol. The number of nitrogens with two attached hydrogens (primary N) is 1. The van der Waals surface area contributed by atoms with E-state index in [2.05, 4.69) is 16.0 Å². The summed E-state index contributed by atoms with van der Waals surface area (Å²) in [5.41, 5.74) is 5.44. The molecule has 0 radical (unpaired) electrons. The van der Waals surface area contributed by atoms with Gasteiger partial charge in [0.1, 0.15) is 30.5 Å². The third-order valence-corrected chi connectivity index (χ3v) is 6.51. The van der Waals surface area contributed by atoms with Crippen molar-refractivity contribution >= 4 is 23.7 Å². The lowest BCUT2D eigenvalue weighted by Crippen LogP contribution is -2.54. The Morgan fingerprint density at radius 3 is 1.95 bits per heavy atom. The summed E-state index contributed by atoms with van der Waals surface area (Å²) in [6.45, 7) is 2.13. The molecule has 0 aliphatic heterocycles. The number of unbranched alkanes of at least 4 members (excludes halogenated alkanes) is 5. The first-order valence-electron chi connectivity index (χ1n) is 14.7. The molecule has 15 heteroatoms. The van der Waals surface area contributed by atoms with Crippen molar-refractivity contribution in [3.63, 3.8) is 0 Å². The molecule has 6 atom stereocenters. The lowest BCUT2D eigenvalue weighted by molar-refractivity contribution is -0.156. The molecule has 0 aromatic carbocycles. The lowest BCUT2D eigenvalue weighted by Gasteiger charge is -2.27. The Morgan fingerprint density at radius 2 is 1.33 bits per heavy atom. The zero-order valence-corrected chi connectivity index (χ0v) is 24.6. The Labute approximate surface area is 247 Å². The van der Waals surface area contributed by atoms with Crippen LogP contribution in [0, 0.1) is 0 Å². The third-order valence-electron chi connectivity index (χ3n) is 6.51. The number of hydrogen-bond acceptors (Lipinski definition) is 12. The van der Waals surface area contributed by atoms with E-state index in [0.717, 1.165) is 19.3 Å². The van der Waals surface area contributed by atoms with Gasteiger partial charge in [0, 0.05) is 25.9 Å². The predicted octanol–water partition coefficient (Wildman–Crippen LogP) is -2.69. The molecular weight excluding hydrogens is 556 g/mol. The van der Waals surface area contributed by atoms with Gasteiger partial charge in [0.25, 0.3) is 5.91 Å². The fourth-order valence-corrected chi connectivity index (χ4v) is 3.94. The van der Waals surface area contributed by atoms with E-state index in [1.165, 1.54) is 0 Å². The fourth-order valence-electron chi connectivity index (χ4n) is 3.94. The van der Waals surface area contributed by atoms with Gasteiger partial charge in [-0.3, -0.25) is 14.4 Å². The molecule has 15 nitrogen and oxygen atoms in total. The van der Waals surface area contributed by atoms with Gasteiger partial charge in [-0.2, -0.15) is 0 Å². The smallest absolute Gasteiger partial charge is 0.328 e. The van der Waals surface area contributed by atoms with E-state index in [-0.39, 0.29) is 31.4 Å². The number of amides is 3. The molecule has 0 heterocycles. The van der Waals surface area contributed by atoms with Crippen LogP contribution in [0.2, 0.25) is 0 Å². The first-order valence-corrected chi connectivity index (χ1v) is 14.7. The Morgan fingerprint density at radius 1 is 0.738 bits per heavy atom. The van der Waals surface area contributed by atoms with Gasteiger partial charge in [0.15, 0.2) is 6.10 Å². The predicted molar refractivity (Wildman–Crippen MR) is 152 cm³/mol. The second kappa shape index (κ2) is 24.1. The van der Waals surface area contributed by atoms with Crippen molar-refractivity contribution in [2.24, 2.45) is 5.73 Å². The molecule has 3 amide bonds. The Kier molecular flexibility index (Phi) is 22.7. The van der Waals surface area contributed by atoms with Crippen LogP contribution in [0.3, 0.4) is 0 Å². The van der Waals surface area contributed by atoms with Gasteiger partial charge in [0.05, 0.1) is 13.2 Å². The zero-order chi connectivity index (χ0) is 31.9. The maximum absolute atomic E-state index is 12.4. The Balaban J connectivity index is 4.31. The largest absolute Gasteiger partial charge is 0.464 e. The molecule has 0 bridgehead atoms. The highest BCUT2D eigenvalue weighted by Crippen LogP contribution is 2.10. The molecule has 42 heavy (non-hydrogen) atoms. The molecule has 246 valence electrons. The highest BCUT2D eigenvalue weighted by atomic mass is 16.5. The molecule has 0 aliphatic rings. The van der Waals surface area contributed by atoms with E-state index in [0.29, 0.717) is 58.0 Å². The minimum atomic E-state index is -2.10. The van der Waals surface area contributed by atoms with E-state index in [1.807, 2.05) is 0 Å². The number of ether oxygens (including phenoxy) is 1. The minimum Gasteiger partial charge on any atom is -0.464 e. The number of aliphatic hydroxyl groups is 6. The van der Waals surface area contributed by atoms with Gasteiger partial charge in [-0.25, -0.2) is 4.79 Å². The lowest BCUT2D eigenvalue weighted by atomic mass is 9.99. The quantitative estimate of drug-likeness (QED) is 0.0375. The second-order valence-corrected chi connectivity index (χ2v) is 10.1. The van der Waals surface area contributed by atoms with Crippen molar-refractivity contribution in [2.45, 2.75) is 114 Å². The SMILES string of the molecule is CCOC(=O)[C@H](CCCCNC(=O)CCCCCN)NC(=O)CCCCCNC(=O)[C@H](O)[C@@H](O)[C@H](O)[C@H](O)[C@H](O)CO. The molecule has 0 saturated carbocycles. The number of aliphatic hydroxyl groups excluding tert-OH is 6. The number of rotatable bonds is 25. The summed E-state index contributed by atoms with van der Waals surface area (Å²) in [6, 6.07) is -0.802. The zero-order valence-electron chi connectivity index (χ0n) is 24.6. The summed E-state index contributed by atoms with van der Waals surface area (Å²) >= 11 is 0. The van der Waals surface area contributed by atoms with Gasteiger partial charge in [-0.15, -0.1) is 0 Å². The van der Waals surface area contributed by atoms with Crippen LogP contribution < -0.4 is 21.7 Å². The molecule has 0 spiro atoms. The van der Waals surface area contributed by atoms with E-state index in [1.54, 1.807) is 6.92 Å². The maximum atomic E-state index is 12.4. The first-order chi connectivity index (χ1) is 20.0. The van der Waals surface area contributed by atoms with Crippen LogP contribution in [-0.2, 0) is 23.9 Å². The number of carbonyl (C=O) groups is 4. The van der Waals surface area contributed by atoms with Crippen LogP contribution >= 0.6 is 0 Å². The van der Waals surface area contributed by atoms with Gasteiger partial charge < -0.3 is 57.1 Å². The van der Waals surface area contributed by atoms with E-state index in [9.17, 15) is 44.7 Å². The molecule has 0 aliphatic carbocycles. The summed E-state index contributed by atoms with van der Waals surface area (Å²) in [7, 11) is 0. The summed E-state index contributed by atoms with van der Waals surface area (Å²) in [5.74, 6) is -1.89. The molecule has 0 unspecified atom stereocenters. The standard InChI is InChI=1S/C27H52N4O11/c1-2-42-27(41)18(11-7-10-15-29-20(34)12-5-3-8-14-28)31-21(35)13-6-4-9-16-30-26(40)25(39)24(38)23(37)22(36)19(33)17-32/h18-19,22-25,32-33,36-39H,2-17,28H2,1H3,(H,29,34)(H,30,40)(H,31,35)/t18-,19+,22+,23+,24-,25+/m0/s1. The summed E-state index contributed by atoms with van der Waals surface area (Å²) < 4.78 is 5.06. The van der Waals surface area contributed by atoms with Crippen LogP contribution in [-0.4, -0.2) is 124 Å². The minimum absolute atomic E-state index is 0.0239. The molecule has 0 saturated heterocycles. The van der Waals surface area contributed by atoms with Crippen LogP contribution in [0.1, 0.15) is 77.6 Å². The van der Waals surface area contributed by atoms with Gasteiger partial charge in [0.2, 0.25) is 11.8 Å². The summed E-state index contributed by atoms with van der Waals surface area (Å²) in [4.78, 5) is 48.5. The molecule has 0 fully saturated rings. The summed E-state index contributed by atoms with van der Waals surface area (Å²) in [6.07, 6.45) is -3.85. The third kappa shape index (κ3) is 17.5. The van der Waals surface area contributed by atoms with Crippen LogP contribution in [0.5, 0.6) is 0 Å². The second-order valence-electron chi connectivity index (χ2n) is 10.1. The molecule has 0 aromatic heterocycles.